The second-order valence-corrected chi connectivity index (χ2v) is 10.8. The molecule has 1 amide bonds. The highest BCUT2D eigenvalue weighted by Crippen LogP contribution is 2.43. The average molecular weight is 630 g/mol. The minimum absolute atomic E-state index is 0.267. The number of halogens is 1. The second kappa shape index (κ2) is 14.5. The number of ether oxygens (including phenoxy) is 4. The fraction of sp³-hybridized carbons (Fsp3) is 0.128. The van der Waals surface area contributed by atoms with Gasteiger partial charge >= 0.3 is 6.09 Å². The maximum absolute atomic E-state index is 13.5. The van der Waals surface area contributed by atoms with Gasteiger partial charge in [-0.3, -0.25) is 9.69 Å². The third-order valence-corrected chi connectivity index (χ3v) is 7.73. The molecule has 5 aromatic rings. The van der Waals surface area contributed by atoms with Gasteiger partial charge in [0.05, 0.1) is 7.11 Å². The third kappa shape index (κ3) is 7.50. The quantitative estimate of drug-likeness (QED) is 0.102. The molecule has 2 atom stereocenters. The van der Waals surface area contributed by atoms with Crippen molar-refractivity contribution >= 4 is 17.6 Å². The molecule has 1 fully saturated rings. The number of nitrogens with zero attached hydrogens (tertiary/aromatic N) is 1. The maximum Gasteiger partial charge on any atom is 0.415 e. The van der Waals surface area contributed by atoms with E-state index in [0.717, 1.165) is 11.1 Å². The molecule has 0 saturated carbocycles. The number of hydrogen-bond acceptors (Lipinski definition) is 6. The van der Waals surface area contributed by atoms with Gasteiger partial charge in [-0.2, -0.15) is 0 Å². The Bertz CT molecular complexity index is 1840. The summed E-state index contributed by atoms with van der Waals surface area (Å²) >= 11 is 0. The molecule has 8 heteroatoms. The fourth-order valence-electron chi connectivity index (χ4n) is 5.31. The number of cyclic esters (lactones) is 1. The molecule has 6 rings (SSSR count). The highest BCUT2D eigenvalue weighted by molar-refractivity contribution is 6.04. The van der Waals surface area contributed by atoms with Gasteiger partial charge in [-0.25, -0.2) is 9.18 Å². The average Bonchev–Trinajstić information content (AvgIpc) is 3.45. The Labute approximate surface area is 272 Å². The molecule has 1 aliphatic rings. The van der Waals surface area contributed by atoms with Crippen molar-refractivity contribution in [1.29, 1.82) is 0 Å². The number of anilines is 1. The van der Waals surface area contributed by atoms with Crippen LogP contribution in [-0.4, -0.2) is 25.1 Å². The zero-order chi connectivity index (χ0) is 32.6. The molecule has 236 valence electrons. The molecule has 1 aliphatic heterocycles. The van der Waals surface area contributed by atoms with Gasteiger partial charge in [0.15, 0.2) is 5.78 Å². The normalized spacial score (nSPS) is 15.8. The molecule has 0 radical (unpaired) electrons. The summed E-state index contributed by atoms with van der Waals surface area (Å²) in [6.45, 7) is 0.627. The highest BCUT2D eigenvalue weighted by atomic mass is 19.1. The van der Waals surface area contributed by atoms with E-state index >= 15 is 0 Å². The minimum atomic E-state index is -0.871. The number of hydrogen-bond donors (Lipinski definition) is 0. The van der Waals surface area contributed by atoms with Crippen LogP contribution in [0.2, 0.25) is 0 Å². The number of rotatable bonds is 12. The van der Waals surface area contributed by atoms with Crippen LogP contribution in [0.5, 0.6) is 17.2 Å². The van der Waals surface area contributed by atoms with Crippen LogP contribution in [0.15, 0.2) is 140 Å². The SMILES string of the molecule is COc1ccc(N2C(=O)O[C@H](C=CC(=O)c3ccc(F)cc3)[C@H]2c2ccc(OCc3ccccc3)cc2OCc2ccccc2)cc1. The van der Waals surface area contributed by atoms with Crippen molar-refractivity contribution in [2.24, 2.45) is 0 Å². The standard InChI is InChI=1S/C39H32FNO6/c1-44-32-18-16-31(17-19-32)41-38(36(47-39(41)43)23-22-35(42)29-12-14-30(40)15-13-29)34-21-20-33(45-25-27-8-4-2-5-9-27)24-37(34)46-26-28-10-6-3-7-11-28/h2-24,36,38H,25-26H2,1H3/t36-,38-/m1/s1. The lowest BCUT2D eigenvalue weighted by Crippen LogP contribution is -2.29. The topological polar surface area (TPSA) is 74.3 Å². The molecular formula is C39H32FNO6. The molecule has 0 N–H and O–H groups in total. The summed E-state index contributed by atoms with van der Waals surface area (Å²) in [5.41, 5.74) is 3.50. The molecule has 7 nitrogen and oxygen atoms in total. The third-order valence-electron chi connectivity index (χ3n) is 7.73. The Morgan fingerprint density at radius 1 is 0.787 bits per heavy atom. The molecule has 1 saturated heterocycles. The zero-order valence-electron chi connectivity index (χ0n) is 25.6. The van der Waals surface area contributed by atoms with Crippen molar-refractivity contribution in [3.05, 3.63) is 168 Å². The Morgan fingerprint density at radius 2 is 1.40 bits per heavy atom. The smallest absolute Gasteiger partial charge is 0.415 e. The lowest BCUT2D eigenvalue weighted by molar-refractivity contribution is 0.104. The fourth-order valence-corrected chi connectivity index (χ4v) is 5.31. The Kier molecular flexibility index (Phi) is 9.58. The second-order valence-electron chi connectivity index (χ2n) is 10.8. The molecule has 0 unspecified atom stereocenters. The van der Waals surface area contributed by atoms with Crippen LogP contribution in [0.3, 0.4) is 0 Å². The van der Waals surface area contributed by atoms with Crippen molar-refractivity contribution in [2.75, 3.05) is 12.0 Å². The minimum Gasteiger partial charge on any atom is -0.497 e. The number of carbonyl (C=O) groups is 2. The molecule has 47 heavy (non-hydrogen) atoms. The van der Waals surface area contributed by atoms with Gasteiger partial charge in [-0.15, -0.1) is 0 Å². The van der Waals surface area contributed by atoms with Crippen molar-refractivity contribution in [1.82, 2.24) is 0 Å². The molecule has 0 aromatic heterocycles. The molecule has 0 aliphatic carbocycles. The van der Waals surface area contributed by atoms with Crippen LogP contribution in [0.1, 0.15) is 33.1 Å². The van der Waals surface area contributed by atoms with Crippen LogP contribution in [0.4, 0.5) is 14.9 Å². The Morgan fingerprint density at radius 3 is 2.04 bits per heavy atom. The van der Waals surface area contributed by atoms with Gasteiger partial charge in [0.25, 0.3) is 0 Å². The number of methoxy groups -OCH3 is 1. The van der Waals surface area contributed by atoms with Gasteiger partial charge in [0.1, 0.15) is 48.4 Å². The molecule has 1 heterocycles. The van der Waals surface area contributed by atoms with E-state index in [0.29, 0.717) is 40.7 Å². The summed E-state index contributed by atoms with van der Waals surface area (Å²) in [7, 11) is 1.57. The van der Waals surface area contributed by atoms with Gasteiger partial charge in [0, 0.05) is 22.9 Å². The largest absolute Gasteiger partial charge is 0.497 e. The maximum atomic E-state index is 13.5. The summed E-state index contributed by atoms with van der Waals surface area (Å²) < 4.78 is 37.2. The summed E-state index contributed by atoms with van der Waals surface area (Å²) in [4.78, 5) is 28.1. The van der Waals surface area contributed by atoms with Crippen molar-refractivity contribution < 1.29 is 32.9 Å². The number of amides is 1. The van der Waals surface area contributed by atoms with Crippen molar-refractivity contribution in [2.45, 2.75) is 25.4 Å². The van der Waals surface area contributed by atoms with Gasteiger partial charge in [-0.1, -0.05) is 60.7 Å². The van der Waals surface area contributed by atoms with Gasteiger partial charge in [-0.05, 0) is 83.9 Å². The monoisotopic (exact) mass is 629 g/mol. The highest BCUT2D eigenvalue weighted by Gasteiger charge is 2.44. The predicted molar refractivity (Wildman–Crippen MR) is 176 cm³/mol. The first kappa shape index (κ1) is 31.1. The number of benzene rings is 5. The lowest BCUT2D eigenvalue weighted by Gasteiger charge is -2.26. The Balaban J connectivity index is 1.38. The number of carbonyl (C=O) groups excluding carboxylic acids is 2. The first-order chi connectivity index (χ1) is 23.0. The van der Waals surface area contributed by atoms with E-state index in [9.17, 15) is 14.0 Å². The predicted octanol–water partition coefficient (Wildman–Crippen LogP) is 8.50. The van der Waals surface area contributed by atoms with E-state index in [1.165, 1.54) is 35.2 Å². The molecular weight excluding hydrogens is 597 g/mol. The summed E-state index contributed by atoms with van der Waals surface area (Å²) in [5, 5.41) is 0. The van der Waals surface area contributed by atoms with Crippen LogP contribution >= 0.6 is 0 Å². The van der Waals surface area contributed by atoms with E-state index in [2.05, 4.69) is 0 Å². The number of allylic oxidation sites excluding steroid dienone is 1. The number of ketones is 1. The van der Waals surface area contributed by atoms with Crippen LogP contribution in [-0.2, 0) is 18.0 Å². The zero-order valence-corrected chi connectivity index (χ0v) is 25.6. The van der Waals surface area contributed by atoms with Crippen LogP contribution < -0.4 is 19.1 Å². The summed E-state index contributed by atoms with van der Waals surface area (Å²) in [6, 6.07) is 36.7. The molecule has 0 bridgehead atoms. The Hall–Kier alpha value is -5.89. The van der Waals surface area contributed by atoms with Crippen molar-refractivity contribution in [3.63, 3.8) is 0 Å². The van der Waals surface area contributed by atoms with E-state index in [4.69, 9.17) is 18.9 Å². The van der Waals surface area contributed by atoms with E-state index < -0.39 is 24.1 Å². The van der Waals surface area contributed by atoms with E-state index in [1.54, 1.807) is 43.5 Å². The van der Waals surface area contributed by atoms with Gasteiger partial charge < -0.3 is 18.9 Å². The molecule has 5 aromatic carbocycles. The van der Waals surface area contributed by atoms with E-state index in [1.807, 2.05) is 72.8 Å². The lowest BCUT2D eigenvalue weighted by atomic mass is 9.97. The first-order valence-electron chi connectivity index (χ1n) is 15.1. The summed E-state index contributed by atoms with van der Waals surface area (Å²) in [6.07, 6.45) is 1.43. The van der Waals surface area contributed by atoms with Crippen LogP contribution in [0, 0.1) is 5.82 Å². The van der Waals surface area contributed by atoms with Crippen LogP contribution in [0.25, 0.3) is 0 Å². The first-order valence-corrected chi connectivity index (χ1v) is 15.1. The van der Waals surface area contributed by atoms with Crippen molar-refractivity contribution in [3.8, 4) is 17.2 Å². The van der Waals surface area contributed by atoms with E-state index in [-0.39, 0.29) is 12.4 Å². The van der Waals surface area contributed by atoms with Gasteiger partial charge in [0.2, 0.25) is 0 Å². The molecule has 0 spiro atoms. The summed E-state index contributed by atoms with van der Waals surface area (Å²) in [5.74, 6) is 0.911.